The summed E-state index contributed by atoms with van der Waals surface area (Å²) in [4.78, 5) is 37.3. The van der Waals surface area contributed by atoms with Crippen molar-refractivity contribution in [2.45, 2.75) is 23.0 Å². The smallest absolute Gasteiger partial charge is 0.339 e. The maximum Gasteiger partial charge on any atom is 0.339 e. The second kappa shape index (κ2) is 9.79. The van der Waals surface area contributed by atoms with Crippen molar-refractivity contribution >= 4 is 40.9 Å². The third-order valence-electron chi connectivity index (χ3n) is 5.16. The average molecular weight is 463 g/mol. The number of thioether (sulfide) groups is 1. The normalized spacial score (nSPS) is 13.7. The number of carboxylic acid groups (broad SMARTS) is 1. The van der Waals surface area contributed by atoms with Gasteiger partial charge in [0.2, 0.25) is 11.8 Å². The minimum atomic E-state index is -1.29. The largest absolute Gasteiger partial charge is 0.507 e. The van der Waals surface area contributed by atoms with E-state index >= 15 is 0 Å². The molecule has 3 aromatic rings. The molecule has 4 rings (SSSR count). The van der Waals surface area contributed by atoms with E-state index in [-0.39, 0.29) is 34.7 Å². The van der Waals surface area contributed by atoms with Gasteiger partial charge in [0.25, 0.3) is 0 Å². The quantitative estimate of drug-likeness (QED) is 0.279. The molecule has 0 heterocycles. The van der Waals surface area contributed by atoms with Gasteiger partial charge in [-0.2, -0.15) is 0 Å². The van der Waals surface area contributed by atoms with Crippen LogP contribution in [0.4, 0.5) is 11.4 Å². The number of rotatable bonds is 8. The first-order valence-electron chi connectivity index (χ1n) is 10.4. The molecule has 1 fully saturated rings. The first kappa shape index (κ1) is 22.4. The minimum Gasteiger partial charge on any atom is -0.507 e. The lowest BCUT2D eigenvalue weighted by Gasteiger charge is -2.18. The Labute approximate surface area is 194 Å². The molecule has 33 heavy (non-hydrogen) atoms. The van der Waals surface area contributed by atoms with Crippen LogP contribution in [0, 0.1) is 5.92 Å². The molecule has 3 aromatic carbocycles. The summed E-state index contributed by atoms with van der Waals surface area (Å²) >= 11 is 1.34. The molecule has 1 aliphatic rings. The number of anilines is 2. The molecule has 0 bridgehead atoms. The van der Waals surface area contributed by atoms with Gasteiger partial charge >= 0.3 is 5.97 Å². The molecular formula is C25H22N2O5S. The number of aromatic carboxylic acids is 1. The van der Waals surface area contributed by atoms with Gasteiger partial charge < -0.3 is 20.8 Å². The van der Waals surface area contributed by atoms with Crippen LogP contribution < -0.4 is 10.6 Å². The second-order valence-corrected chi connectivity index (χ2v) is 8.90. The van der Waals surface area contributed by atoms with Crippen molar-refractivity contribution in [1.29, 1.82) is 0 Å². The fourth-order valence-electron chi connectivity index (χ4n) is 3.24. The van der Waals surface area contributed by atoms with Crippen molar-refractivity contribution in [3.8, 4) is 5.75 Å². The van der Waals surface area contributed by atoms with E-state index in [1.165, 1.54) is 30.0 Å². The predicted octanol–water partition coefficient (Wildman–Crippen LogP) is 4.91. The Hall–Kier alpha value is -3.78. The zero-order valence-corrected chi connectivity index (χ0v) is 18.3. The lowest BCUT2D eigenvalue weighted by Crippen LogP contribution is -2.19. The lowest BCUT2D eigenvalue weighted by atomic mass is 10.1. The van der Waals surface area contributed by atoms with Gasteiger partial charge in [-0.05, 0) is 60.9 Å². The number of carbonyl (C=O) groups excluding carboxylic acids is 2. The van der Waals surface area contributed by atoms with Gasteiger partial charge in [0, 0.05) is 22.2 Å². The van der Waals surface area contributed by atoms with Crippen LogP contribution in [0.3, 0.4) is 0 Å². The van der Waals surface area contributed by atoms with Crippen LogP contribution in [0.2, 0.25) is 0 Å². The van der Waals surface area contributed by atoms with Gasteiger partial charge in [0.1, 0.15) is 16.6 Å². The van der Waals surface area contributed by atoms with Gasteiger partial charge in [0.15, 0.2) is 0 Å². The van der Waals surface area contributed by atoms with Crippen molar-refractivity contribution in [1.82, 2.24) is 0 Å². The van der Waals surface area contributed by atoms with Crippen molar-refractivity contribution in [2.24, 2.45) is 5.92 Å². The van der Waals surface area contributed by atoms with Gasteiger partial charge in [0.05, 0.1) is 0 Å². The number of hydrogen-bond donors (Lipinski definition) is 4. The van der Waals surface area contributed by atoms with Crippen LogP contribution >= 0.6 is 11.8 Å². The Morgan fingerprint density at radius 1 is 0.879 bits per heavy atom. The summed E-state index contributed by atoms with van der Waals surface area (Å²) < 4.78 is 0. The summed E-state index contributed by atoms with van der Waals surface area (Å²) in [6.07, 6.45) is 1.87. The molecule has 0 saturated heterocycles. The van der Waals surface area contributed by atoms with E-state index in [1.807, 2.05) is 54.6 Å². The van der Waals surface area contributed by atoms with Crippen LogP contribution in [0.1, 0.15) is 34.0 Å². The van der Waals surface area contributed by atoms with E-state index in [0.717, 1.165) is 23.3 Å². The number of hydrogen-bond acceptors (Lipinski definition) is 5. The maximum absolute atomic E-state index is 13.2. The number of nitrogens with one attached hydrogen (secondary N) is 2. The molecule has 2 amide bonds. The number of carbonyl (C=O) groups is 3. The highest BCUT2D eigenvalue weighted by molar-refractivity contribution is 8.00. The molecule has 1 aliphatic carbocycles. The summed E-state index contributed by atoms with van der Waals surface area (Å²) in [5.41, 5.74) is 1.47. The molecule has 4 N–H and O–H groups in total. The number of aromatic hydroxyl groups is 1. The molecule has 8 heteroatoms. The van der Waals surface area contributed by atoms with Gasteiger partial charge in [-0.15, -0.1) is 11.8 Å². The number of amides is 2. The Morgan fingerprint density at radius 2 is 1.55 bits per heavy atom. The van der Waals surface area contributed by atoms with E-state index in [4.69, 9.17) is 0 Å². The molecule has 168 valence electrons. The lowest BCUT2D eigenvalue weighted by molar-refractivity contribution is -0.117. The maximum atomic E-state index is 13.2. The molecule has 1 saturated carbocycles. The Bertz CT molecular complexity index is 1180. The van der Waals surface area contributed by atoms with E-state index in [1.54, 1.807) is 0 Å². The average Bonchev–Trinajstić information content (AvgIpc) is 3.66. The zero-order valence-electron chi connectivity index (χ0n) is 17.5. The summed E-state index contributed by atoms with van der Waals surface area (Å²) in [6, 6.07) is 20.5. The van der Waals surface area contributed by atoms with Crippen LogP contribution in [-0.4, -0.2) is 28.0 Å². The molecule has 0 aromatic heterocycles. The first-order valence-corrected chi connectivity index (χ1v) is 11.3. The first-order chi connectivity index (χ1) is 15.9. The van der Waals surface area contributed by atoms with Crippen LogP contribution in [0.15, 0.2) is 77.7 Å². The molecule has 7 nitrogen and oxygen atoms in total. The molecule has 0 aliphatic heterocycles. The molecule has 0 radical (unpaired) electrons. The van der Waals surface area contributed by atoms with E-state index in [9.17, 15) is 24.6 Å². The molecule has 1 unspecified atom stereocenters. The Balaban J connectivity index is 1.52. The standard InChI is InChI=1S/C25H22N2O5S/c28-21-13-10-18(14-20(21)25(31)32)27-24(30)22(15-4-2-1-3-5-15)33-19-11-8-17(9-12-19)26-23(29)16-6-7-16/h1-5,8-14,16,22,28H,6-7H2,(H,26,29)(H,27,30)(H,31,32). The zero-order chi connectivity index (χ0) is 23.4. The van der Waals surface area contributed by atoms with Gasteiger partial charge in [-0.25, -0.2) is 4.79 Å². The van der Waals surface area contributed by atoms with Crippen LogP contribution in [0.5, 0.6) is 5.75 Å². The topological polar surface area (TPSA) is 116 Å². The molecule has 1 atom stereocenters. The Kier molecular flexibility index (Phi) is 6.65. The van der Waals surface area contributed by atoms with E-state index in [2.05, 4.69) is 10.6 Å². The highest BCUT2D eigenvalue weighted by atomic mass is 32.2. The molecular weight excluding hydrogens is 440 g/mol. The van der Waals surface area contributed by atoms with Crippen molar-refractivity contribution in [2.75, 3.05) is 10.6 Å². The SMILES string of the molecule is O=C(O)c1cc(NC(=O)C(Sc2ccc(NC(=O)C3CC3)cc2)c2ccccc2)ccc1O. The second-order valence-electron chi connectivity index (χ2n) is 7.72. The third kappa shape index (κ3) is 5.72. The van der Waals surface area contributed by atoms with Crippen molar-refractivity contribution < 1.29 is 24.6 Å². The number of benzene rings is 3. The molecule has 0 spiro atoms. The van der Waals surface area contributed by atoms with Crippen molar-refractivity contribution in [3.05, 3.63) is 83.9 Å². The monoisotopic (exact) mass is 462 g/mol. The number of phenols is 1. The predicted molar refractivity (Wildman–Crippen MR) is 127 cm³/mol. The van der Waals surface area contributed by atoms with Gasteiger partial charge in [-0.1, -0.05) is 30.3 Å². The number of carboxylic acids is 1. The minimum absolute atomic E-state index is 0.0339. The van der Waals surface area contributed by atoms with Gasteiger partial charge in [-0.3, -0.25) is 9.59 Å². The highest BCUT2D eigenvalue weighted by Gasteiger charge is 2.29. The Morgan fingerprint density at radius 3 is 2.18 bits per heavy atom. The van der Waals surface area contributed by atoms with Crippen molar-refractivity contribution in [3.63, 3.8) is 0 Å². The third-order valence-corrected chi connectivity index (χ3v) is 6.43. The summed E-state index contributed by atoms with van der Waals surface area (Å²) in [7, 11) is 0. The summed E-state index contributed by atoms with van der Waals surface area (Å²) in [5.74, 6) is -1.84. The summed E-state index contributed by atoms with van der Waals surface area (Å²) in [6.45, 7) is 0. The fourth-order valence-corrected chi connectivity index (χ4v) is 4.26. The highest BCUT2D eigenvalue weighted by Crippen LogP contribution is 2.37. The van der Waals surface area contributed by atoms with Crippen LogP contribution in [0.25, 0.3) is 0 Å². The fraction of sp³-hybridized carbons (Fsp3) is 0.160. The van der Waals surface area contributed by atoms with E-state index in [0.29, 0.717) is 5.69 Å². The van der Waals surface area contributed by atoms with Crippen LogP contribution in [-0.2, 0) is 9.59 Å². The summed E-state index contributed by atoms with van der Waals surface area (Å²) in [5, 5.41) is 24.0. The van der Waals surface area contributed by atoms with E-state index < -0.39 is 11.2 Å².